The van der Waals surface area contributed by atoms with E-state index in [2.05, 4.69) is 9.71 Å². The first-order valence-corrected chi connectivity index (χ1v) is 13.6. The number of thiazole rings is 1. The fraction of sp³-hybridized carbons (Fsp3) is 0.417. The zero-order valence-electron chi connectivity index (χ0n) is 18.6. The second kappa shape index (κ2) is 9.49. The van der Waals surface area contributed by atoms with E-state index >= 15 is 0 Å². The van der Waals surface area contributed by atoms with Crippen LogP contribution >= 0.6 is 22.9 Å². The number of halogens is 1. The molecule has 1 aromatic carbocycles. The fourth-order valence-corrected chi connectivity index (χ4v) is 6.89. The first-order chi connectivity index (χ1) is 15.2. The van der Waals surface area contributed by atoms with E-state index in [1.54, 1.807) is 37.3 Å². The van der Waals surface area contributed by atoms with Crippen LogP contribution in [0.3, 0.4) is 0 Å². The third-order valence-corrected chi connectivity index (χ3v) is 9.18. The molecule has 1 N–H and O–H groups in total. The Morgan fingerprint density at radius 3 is 2.56 bits per heavy atom. The average molecular weight is 490 g/mol. The van der Waals surface area contributed by atoms with Crippen LogP contribution in [0.1, 0.15) is 53.9 Å². The van der Waals surface area contributed by atoms with Crippen molar-refractivity contribution >= 4 is 38.6 Å². The van der Waals surface area contributed by atoms with Gasteiger partial charge in [-0.2, -0.15) is 0 Å². The molecule has 1 fully saturated rings. The van der Waals surface area contributed by atoms with Crippen LogP contribution in [0.5, 0.6) is 0 Å². The number of hydrogen-bond acceptors (Lipinski definition) is 5. The summed E-state index contributed by atoms with van der Waals surface area (Å²) in [5, 5.41) is 1.51. The Morgan fingerprint density at radius 2 is 1.84 bits per heavy atom. The zero-order chi connectivity index (χ0) is 22.9. The molecule has 3 aromatic rings. The largest absolute Gasteiger partial charge is 0.278 e. The lowest BCUT2D eigenvalue weighted by Gasteiger charge is -2.20. The van der Waals surface area contributed by atoms with E-state index in [0.717, 1.165) is 33.5 Å². The van der Waals surface area contributed by atoms with E-state index in [0.29, 0.717) is 22.0 Å². The Hall–Kier alpha value is -1.96. The smallest absolute Gasteiger partial charge is 0.262 e. The summed E-state index contributed by atoms with van der Waals surface area (Å²) in [4.78, 5) is 10.1. The summed E-state index contributed by atoms with van der Waals surface area (Å²) < 4.78 is 29.0. The third-order valence-electron chi connectivity index (χ3n) is 6.04. The predicted molar refractivity (Wildman–Crippen MR) is 132 cm³/mol. The molecule has 2 heterocycles. The number of benzene rings is 1. The fourth-order valence-electron chi connectivity index (χ4n) is 4.30. The van der Waals surface area contributed by atoms with Crippen molar-refractivity contribution in [1.29, 1.82) is 0 Å². The summed E-state index contributed by atoms with van der Waals surface area (Å²) in [6.07, 6.45) is 8.99. The van der Waals surface area contributed by atoms with Gasteiger partial charge in [-0.1, -0.05) is 55.8 Å². The molecule has 8 heteroatoms. The van der Waals surface area contributed by atoms with Crippen molar-refractivity contribution in [3.05, 3.63) is 57.4 Å². The molecule has 0 bridgehead atoms. The van der Waals surface area contributed by atoms with Crippen molar-refractivity contribution in [2.45, 2.75) is 64.2 Å². The minimum atomic E-state index is -3.78. The highest BCUT2D eigenvalue weighted by Crippen LogP contribution is 2.35. The highest BCUT2D eigenvalue weighted by molar-refractivity contribution is 7.92. The highest BCUT2D eigenvalue weighted by atomic mass is 35.5. The number of nitrogens with zero attached hydrogens (tertiary/aromatic N) is 2. The molecule has 32 heavy (non-hydrogen) atoms. The number of nitrogens with one attached hydrogen (secondary N) is 1. The van der Waals surface area contributed by atoms with Gasteiger partial charge in [-0.25, -0.2) is 18.4 Å². The molecule has 0 aliphatic heterocycles. The quantitative estimate of drug-likeness (QED) is 0.390. The molecule has 0 amide bonds. The molecule has 0 saturated heterocycles. The summed E-state index contributed by atoms with van der Waals surface area (Å²) in [6, 6.07) is 7.26. The summed E-state index contributed by atoms with van der Waals surface area (Å²) in [5.41, 5.74) is 3.62. The Labute approximate surface area is 199 Å². The van der Waals surface area contributed by atoms with Crippen molar-refractivity contribution in [1.82, 2.24) is 9.97 Å². The standard InChI is InChI=1S/C24H28ClN3O2S2/c1-15-9-10-19(23-17(3)27-22(31-23)12-18-7-5-4-6-8-18)13-21(15)32(29,30)28-20-11-16(2)24(25)26-14-20/h9-11,13-14,18,28H,4-8,12H2,1-3H3. The molecule has 0 atom stereocenters. The number of hydrogen-bond donors (Lipinski definition) is 1. The number of aromatic nitrogens is 2. The van der Waals surface area contributed by atoms with Crippen LogP contribution in [0.4, 0.5) is 5.69 Å². The molecule has 170 valence electrons. The van der Waals surface area contributed by atoms with Crippen molar-refractivity contribution in [2.24, 2.45) is 5.92 Å². The Balaban J connectivity index is 1.61. The number of sulfonamides is 1. The monoisotopic (exact) mass is 489 g/mol. The summed E-state index contributed by atoms with van der Waals surface area (Å²) in [5.74, 6) is 0.719. The van der Waals surface area contributed by atoms with Gasteiger partial charge >= 0.3 is 0 Å². The van der Waals surface area contributed by atoms with Crippen LogP contribution in [-0.2, 0) is 16.4 Å². The van der Waals surface area contributed by atoms with Crippen LogP contribution < -0.4 is 4.72 Å². The molecule has 0 spiro atoms. The SMILES string of the molecule is Cc1ccc(-c2sc(CC3CCCCC3)nc2C)cc1S(=O)(=O)Nc1cnc(Cl)c(C)c1. The Morgan fingerprint density at radius 1 is 1.09 bits per heavy atom. The maximum atomic E-state index is 13.2. The molecule has 2 aromatic heterocycles. The van der Waals surface area contributed by atoms with Gasteiger partial charge in [-0.15, -0.1) is 11.3 Å². The first kappa shape index (κ1) is 23.2. The van der Waals surface area contributed by atoms with E-state index in [4.69, 9.17) is 16.6 Å². The van der Waals surface area contributed by atoms with Crippen molar-refractivity contribution < 1.29 is 8.42 Å². The van der Waals surface area contributed by atoms with E-state index in [9.17, 15) is 8.42 Å². The Bertz CT molecular complexity index is 1230. The zero-order valence-corrected chi connectivity index (χ0v) is 21.0. The molecule has 4 rings (SSSR count). The molecule has 1 saturated carbocycles. The van der Waals surface area contributed by atoms with Gasteiger partial charge in [-0.05, 0) is 55.5 Å². The van der Waals surface area contributed by atoms with Crippen LogP contribution in [0.15, 0.2) is 35.4 Å². The van der Waals surface area contributed by atoms with Gasteiger partial charge in [0.2, 0.25) is 0 Å². The predicted octanol–water partition coefficient (Wildman–Crippen LogP) is 6.71. The third kappa shape index (κ3) is 5.16. The number of pyridine rings is 1. The van der Waals surface area contributed by atoms with Crippen molar-refractivity contribution in [3.63, 3.8) is 0 Å². The maximum Gasteiger partial charge on any atom is 0.262 e. The minimum Gasteiger partial charge on any atom is -0.278 e. The maximum absolute atomic E-state index is 13.2. The summed E-state index contributed by atoms with van der Waals surface area (Å²) >= 11 is 7.66. The van der Waals surface area contributed by atoms with Crippen LogP contribution in [-0.4, -0.2) is 18.4 Å². The second-order valence-corrected chi connectivity index (χ2v) is 11.7. The molecular weight excluding hydrogens is 462 g/mol. The lowest BCUT2D eigenvalue weighted by Crippen LogP contribution is -2.14. The molecule has 5 nitrogen and oxygen atoms in total. The van der Waals surface area contributed by atoms with E-state index < -0.39 is 10.0 Å². The van der Waals surface area contributed by atoms with Gasteiger partial charge in [0.15, 0.2) is 0 Å². The van der Waals surface area contributed by atoms with E-state index in [1.807, 2.05) is 19.1 Å². The number of anilines is 1. The molecule has 0 unspecified atom stereocenters. The van der Waals surface area contributed by atoms with E-state index in [-0.39, 0.29) is 4.90 Å². The first-order valence-electron chi connectivity index (χ1n) is 11.0. The lowest BCUT2D eigenvalue weighted by atomic mass is 9.87. The van der Waals surface area contributed by atoms with E-state index in [1.165, 1.54) is 38.3 Å². The average Bonchev–Trinajstić information content (AvgIpc) is 3.11. The molecular formula is C24H28ClN3O2S2. The van der Waals surface area contributed by atoms with Crippen molar-refractivity contribution in [2.75, 3.05) is 4.72 Å². The van der Waals surface area contributed by atoms with Crippen molar-refractivity contribution in [3.8, 4) is 10.4 Å². The molecule has 1 aliphatic carbocycles. The number of aryl methyl sites for hydroxylation is 3. The molecule has 0 radical (unpaired) electrons. The van der Waals surface area contributed by atoms with Crippen LogP contribution in [0.25, 0.3) is 10.4 Å². The summed E-state index contributed by atoms with van der Waals surface area (Å²) in [7, 11) is -3.78. The van der Waals surface area contributed by atoms with Gasteiger partial charge in [-0.3, -0.25) is 4.72 Å². The van der Waals surface area contributed by atoms with Gasteiger partial charge in [0, 0.05) is 6.42 Å². The van der Waals surface area contributed by atoms with Gasteiger partial charge in [0.1, 0.15) is 5.15 Å². The second-order valence-electron chi connectivity index (χ2n) is 8.65. The van der Waals surface area contributed by atoms with Crippen LogP contribution in [0.2, 0.25) is 5.15 Å². The lowest BCUT2D eigenvalue weighted by molar-refractivity contribution is 0.356. The molecule has 1 aliphatic rings. The highest BCUT2D eigenvalue weighted by Gasteiger charge is 2.21. The van der Waals surface area contributed by atoms with Gasteiger partial charge < -0.3 is 0 Å². The van der Waals surface area contributed by atoms with Gasteiger partial charge in [0.05, 0.1) is 32.4 Å². The Kier molecular flexibility index (Phi) is 6.89. The minimum absolute atomic E-state index is 0.254. The van der Waals surface area contributed by atoms with Gasteiger partial charge in [0.25, 0.3) is 10.0 Å². The normalized spacial score (nSPS) is 15.1. The summed E-state index contributed by atoms with van der Waals surface area (Å²) in [6.45, 7) is 5.60. The number of rotatable bonds is 6. The van der Waals surface area contributed by atoms with Crippen LogP contribution in [0, 0.1) is 26.7 Å². The topological polar surface area (TPSA) is 72.0 Å².